The van der Waals surface area contributed by atoms with Gasteiger partial charge in [0.15, 0.2) is 0 Å². The fourth-order valence-corrected chi connectivity index (χ4v) is 4.05. The van der Waals surface area contributed by atoms with Crippen molar-refractivity contribution < 1.29 is 9.53 Å². The monoisotopic (exact) mass is 358 g/mol. The lowest BCUT2D eigenvalue weighted by Crippen LogP contribution is -2.54. The molecule has 1 saturated carbocycles. The number of hydrogen-bond acceptors (Lipinski definition) is 5. The van der Waals surface area contributed by atoms with Gasteiger partial charge in [-0.2, -0.15) is 0 Å². The van der Waals surface area contributed by atoms with E-state index < -0.39 is 11.2 Å². The van der Waals surface area contributed by atoms with Crippen molar-refractivity contribution >= 4 is 16.9 Å². The number of nitrogens with zero attached hydrogens (tertiary/aromatic N) is 3. The normalized spacial score (nSPS) is 19.8. The number of H-pyrrole nitrogens is 1. The fourth-order valence-electron chi connectivity index (χ4n) is 4.05. The summed E-state index contributed by atoms with van der Waals surface area (Å²) in [6.07, 6.45) is 6.87. The number of hydrogen-bond donors (Lipinski definition) is 1. The van der Waals surface area contributed by atoms with Gasteiger partial charge in [-0.05, 0) is 18.9 Å². The van der Waals surface area contributed by atoms with E-state index in [0.29, 0.717) is 25.3 Å². The van der Waals surface area contributed by atoms with E-state index in [1.807, 2.05) is 0 Å². The second-order valence-electron chi connectivity index (χ2n) is 7.23. The van der Waals surface area contributed by atoms with Crippen molar-refractivity contribution in [3.8, 4) is 0 Å². The Morgan fingerprint density at radius 1 is 1.27 bits per heavy atom. The lowest BCUT2D eigenvalue weighted by atomic mass is 9.83. The molecular formula is C18H22N4O4. The molecule has 1 saturated heterocycles. The highest BCUT2D eigenvalue weighted by Crippen LogP contribution is 2.34. The maximum Gasteiger partial charge on any atom is 0.329 e. The molecule has 1 amide bonds. The van der Waals surface area contributed by atoms with Gasteiger partial charge < -0.3 is 9.64 Å². The number of morpholine rings is 1. The summed E-state index contributed by atoms with van der Waals surface area (Å²) >= 11 is 0. The number of amides is 1. The number of pyridine rings is 1. The quantitative estimate of drug-likeness (QED) is 0.813. The van der Waals surface area contributed by atoms with E-state index in [4.69, 9.17) is 4.74 Å². The number of ether oxygens (including phenoxy) is 1. The Hall–Kier alpha value is -2.48. The van der Waals surface area contributed by atoms with Gasteiger partial charge in [-0.15, -0.1) is 0 Å². The zero-order valence-electron chi connectivity index (χ0n) is 14.8. The first-order valence-corrected chi connectivity index (χ1v) is 9.01. The van der Waals surface area contributed by atoms with E-state index in [2.05, 4.69) is 9.97 Å². The lowest BCUT2D eigenvalue weighted by Gasteiger charge is -2.45. The van der Waals surface area contributed by atoms with Crippen LogP contribution in [0.3, 0.4) is 0 Å². The number of rotatable bonds is 1. The zero-order chi connectivity index (χ0) is 18.3. The van der Waals surface area contributed by atoms with Crippen molar-refractivity contribution in [2.24, 2.45) is 7.05 Å². The SMILES string of the molecule is Cn1c(=O)[nH]c(=O)c2cc(C(=O)N3CCOC4(CCCCC4)C3)cnc21. The van der Waals surface area contributed by atoms with Crippen LogP contribution in [0.25, 0.3) is 11.0 Å². The van der Waals surface area contributed by atoms with Gasteiger partial charge in [0.1, 0.15) is 5.65 Å². The molecule has 8 heteroatoms. The number of aromatic nitrogens is 3. The Bertz CT molecular complexity index is 966. The first-order valence-electron chi connectivity index (χ1n) is 9.01. The van der Waals surface area contributed by atoms with Gasteiger partial charge in [0.2, 0.25) is 0 Å². The Labute approximate surface area is 149 Å². The maximum absolute atomic E-state index is 13.0. The predicted molar refractivity (Wildman–Crippen MR) is 95.3 cm³/mol. The van der Waals surface area contributed by atoms with Crippen molar-refractivity contribution in [3.05, 3.63) is 38.7 Å². The van der Waals surface area contributed by atoms with E-state index in [-0.39, 0.29) is 22.5 Å². The molecule has 0 unspecified atom stereocenters. The molecule has 26 heavy (non-hydrogen) atoms. The molecule has 1 N–H and O–H groups in total. The lowest BCUT2D eigenvalue weighted by molar-refractivity contribution is -0.117. The Morgan fingerprint density at radius 3 is 2.81 bits per heavy atom. The van der Waals surface area contributed by atoms with Gasteiger partial charge in [-0.25, -0.2) is 9.78 Å². The molecular weight excluding hydrogens is 336 g/mol. The predicted octanol–water partition coefficient (Wildman–Crippen LogP) is 0.797. The van der Waals surface area contributed by atoms with Crippen LogP contribution in [0.1, 0.15) is 42.5 Å². The molecule has 2 aromatic heterocycles. The molecule has 2 aromatic rings. The van der Waals surface area contributed by atoms with Crippen LogP contribution < -0.4 is 11.2 Å². The smallest absolute Gasteiger partial charge is 0.329 e. The highest BCUT2D eigenvalue weighted by molar-refractivity contribution is 5.96. The number of fused-ring (bicyclic) bond motifs is 1. The molecule has 138 valence electrons. The molecule has 2 fully saturated rings. The summed E-state index contributed by atoms with van der Waals surface area (Å²) in [5.74, 6) is -0.152. The first-order chi connectivity index (χ1) is 12.5. The van der Waals surface area contributed by atoms with E-state index >= 15 is 0 Å². The van der Waals surface area contributed by atoms with Gasteiger partial charge in [-0.3, -0.25) is 19.1 Å². The van der Waals surface area contributed by atoms with Crippen molar-refractivity contribution in [2.75, 3.05) is 19.7 Å². The van der Waals surface area contributed by atoms with Crippen molar-refractivity contribution in [2.45, 2.75) is 37.7 Å². The summed E-state index contributed by atoms with van der Waals surface area (Å²) in [5.41, 5.74) is -0.661. The summed E-state index contributed by atoms with van der Waals surface area (Å²) in [6.45, 7) is 1.64. The molecule has 0 aromatic carbocycles. The Balaban J connectivity index is 1.66. The van der Waals surface area contributed by atoms with Crippen LogP contribution in [0.15, 0.2) is 21.9 Å². The van der Waals surface area contributed by atoms with Gasteiger partial charge in [0.05, 0.1) is 29.7 Å². The van der Waals surface area contributed by atoms with Gasteiger partial charge in [0, 0.05) is 19.8 Å². The molecule has 4 rings (SSSR count). The number of aryl methyl sites for hydroxylation is 1. The van der Waals surface area contributed by atoms with E-state index in [9.17, 15) is 14.4 Å². The minimum Gasteiger partial charge on any atom is -0.371 e. The number of carbonyl (C=O) groups is 1. The van der Waals surface area contributed by atoms with Crippen LogP contribution in [-0.4, -0.2) is 50.6 Å². The van der Waals surface area contributed by atoms with E-state index in [1.54, 1.807) is 4.90 Å². The number of carbonyl (C=O) groups excluding carboxylic acids is 1. The van der Waals surface area contributed by atoms with E-state index in [1.165, 1.54) is 30.3 Å². The van der Waals surface area contributed by atoms with Gasteiger partial charge >= 0.3 is 5.69 Å². The maximum atomic E-state index is 13.0. The average Bonchev–Trinajstić information content (AvgIpc) is 2.66. The number of aromatic amines is 1. The molecule has 8 nitrogen and oxygen atoms in total. The van der Waals surface area contributed by atoms with Crippen LogP contribution in [0.4, 0.5) is 0 Å². The van der Waals surface area contributed by atoms with Crippen LogP contribution in [0.2, 0.25) is 0 Å². The van der Waals surface area contributed by atoms with Gasteiger partial charge in [-0.1, -0.05) is 19.3 Å². The van der Waals surface area contributed by atoms with Crippen LogP contribution in [0, 0.1) is 0 Å². The summed E-state index contributed by atoms with van der Waals surface area (Å²) in [7, 11) is 1.53. The highest BCUT2D eigenvalue weighted by atomic mass is 16.5. The number of nitrogens with one attached hydrogen (secondary N) is 1. The summed E-state index contributed by atoms with van der Waals surface area (Å²) in [4.78, 5) is 45.0. The zero-order valence-corrected chi connectivity index (χ0v) is 14.8. The third kappa shape index (κ3) is 2.84. The first kappa shape index (κ1) is 17.0. The van der Waals surface area contributed by atoms with Crippen molar-refractivity contribution in [3.63, 3.8) is 0 Å². The molecule has 0 radical (unpaired) electrons. The van der Waals surface area contributed by atoms with Crippen LogP contribution >= 0.6 is 0 Å². The molecule has 0 bridgehead atoms. The second kappa shape index (κ2) is 6.35. The summed E-state index contributed by atoms with van der Waals surface area (Å²) < 4.78 is 7.30. The van der Waals surface area contributed by atoms with Crippen LogP contribution in [-0.2, 0) is 11.8 Å². The Kier molecular flexibility index (Phi) is 4.14. The molecule has 1 spiro atoms. The molecule has 3 heterocycles. The minimum absolute atomic E-state index is 0.152. The van der Waals surface area contributed by atoms with Crippen molar-refractivity contribution in [1.82, 2.24) is 19.4 Å². The summed E-state index contributed by atoms with van der Waals surface area (Å²) in [5, 5.41) is 0.235. The third-order valence-corrected chi connectivity index (χ3v) is 5.50. The van der Waals surface area contributed by atoms with Crippen LogP contribution in [0.5, 0.6) is 0 Å². The average molecular weight is 358 g/mol. The second-order valence-corrected chi connectivity index (χ2v) is 7.23. The third-order valence-electron chi connectivity index (χ3n) is 5.50. The highest BCUT2D eigenvalue weighted by Gasteiger charge is 2.39. The fraction of sp³-hybridized carbons (Fsp3) is 0.556. The molecule has 1 aliphatic heterocycles. The van der Waals surface area contributed by atoms with Gasteiger partial charge in [0.25, 0.3) is 11.5 Å². The largest absolute Gasteiger partial charge is 0.371 e. The molecule has 0 atom stereocenters. The molecule has 2 aliphatic rings. The van der Waals surface area contributed by atoms with E-state index in [0.717, 1.165) is 25.7 Å². The van der Waals surface area contributed by atoms with Crippen molar-refractivity contribution in [1.29, 1.82) is 0 Å². The minimum atomic E-state index is -0.532. The summed E-state index contributed by atoms with van der Waals surface area (Å²) in [6, 6.07) is 1.52. The Morgan fingerprint density at radius 2 is 2.04 bits per heavy atom. The standard InChI is InChI=1S/C18H22N4O4/c1-21-14-13(15(23)20-17(21)25)9-12(10-19-14)16(24)22-7-8-26-18(11-22)5-3-2-4-6-18/h9-10H,2-8,11H2,1H3,(H,20,23,25). The molecule has 1 aliphatic carbocycles. The topological polar surface area (TPSA) is 97.3 Å².